The lowest BCUT2D eigenvalue weighted by atomic mass is 10.3. The number of rotatable bonds is 4. The second kappa shape index (κ2) is 5.46. The van der Waals surface area contributed by atoms with Gasteiger partial charge in [0.15, 0.2) is 5.13 Å². The highest BCUT2D eigenvalue weighted by atomic mass is 32.1. The Hall–Kier alpha value is -1.14. The van der Waals surface area contributed by atoms with E-state index in [2.05, 4.69) is 27.0 Å². The van der Waals surface area contributed by atoms with Crippen LogP contribution in [0.15, 0.2) is 5.38 Å². The molecular weight excluding hydrogens is 238 g/mol. The number of methoxy groups -OCH3 is 1. The van der Waals surface area contributed by atoms with E-state index in [0.29, 0.717) is 6.04 Å². The molecule has 1 atom stereocenters. The van der Waals surface area contributed by atoms with Crippen LogP contribution in [0.4, 0.5) is 5.13 Å². The van der Waals surface area contributed by atoms with Crippen molar-refractivity contribution in [2.45, 2.75) is 18.9 Å². The van der Waals surface area contributed by atoms with Gasteiger partial charge >= 0.3 is 5.97 Å². The highest BCUT2D eigenvalue weighted by Gasteiger charge is 2.20. The van der Waals surface area contributed by atoms with Gasteiger partial charge in [-0.05, 0) is 20.0 Å². The van der Waals surface area contributed by atoms with E-state index in [1.165, 1.54) is 7.11 Å². The summed E-state index contributed by atoms with van der Waals surface area (Å²) in [6, 6.07) is 0.470. The summed E-state index contributed by atoms with van der Waals surface area (Å²) >= 11 is 1.54. The quantitative estimate of drug-likeness (QED) is 0.813. The first-order chi connectivity index (χ1) is 8.17. The van der Waals surface area contributed by atoms with Gasteiger partial charge in [-0.3, -0.25) is 4.79 Å². The molecule has 0 aromatic carbocycles. The SMILES string of the molecule is COC(=O)Cc1csc(NC2CCN(C)C2)n1. The van der Waals surface area contributed by atoms with Crippen molar-refractivity contribution in [2.24, 2.45) is 0 Å². The average molecular weight is 255 g/mol. The number of nitrogens with one attached hydrogen (secondary N) is 1. The van der Waals surface area contributed by atoms with Crippen molar-refractivity contribution in [1.82, 2.24) is 9.88 Å². The number of hydrogen-bond donors (Lipinski definition) is 1. The normalized spacial score (nSPS) is 20.5. The van der Waals surface area contributed by atoms with Crippen molar-refractivity contribution in [3.05, 3.63) is 11.1 Å². The average Bonchev–Trinajstić information content (AvgIpc) is 2.89. The van der Waals surface area contributed by atoms with Crippen LogP contribution in [0.25, 0.3) is 0 Å². The first-order valence-corrected chi connectivity index (χ1v) is 6.51. The van der Waals surface area contributed by atoms with Crippen molar-refractivity contribution in [3.8, 4) is 0 Å². The van der Waals surface area contributed by atoms with Gasteiger partial charge in [0.2, 0.25) is 0 Å². The fourth-order valence-electron chi connectivity index (χ4n) is 1.90. The molecule has 1 aromatic heterocycles. The minimum atomic E-state index is -0.248. The summed E-state index contributed by atoms with van der Waals surface area (Å²) in [5.74, 6) is -0.248. The molecule has 1 N–H and O–H groups in total. The minimum absolute atomic E-state index is 0.248. The summed E-state index contributed by atoms with van der Waals surface area (Å²) in [6.45, 7) is 2.17. The largest absolute Gasteiger partial charge is 0.469 e. The lowest BCUT2D eigenvalue weighted by Crippen LogP contribution is -2.23. The smallest absolute Gasteiger partial charge is 0.311 e. The van der Waals surface area contributed by atoms with Crippen LogP contribution in [0.3, 0.4) is 0 Å². The van der Waals surface area contributed by atoms with Crippen molar-refractivity contribution < 1.29 is 9.53 Å². The molecular formula is C11H17N3O2S. The number of likely N-dealkylation sites (N-methyl/N-ethyl adjacent to an activating group) is 1. The van der Waals surface area contributed by atoms with E-state index in [4.69, 9.17) is 0 Å². The summed E-state index contributed by atoms with van der Waals surface area (Å²) in [6.07, 6.45) is 1.39. The molecule has 0 spiro atoms. The second-order valence-corrected chi connectivity index (χ2v) is 5.15. The van der Waals surface area contributed by atoms with Gasteiger partial charge in [-0.15, -0.1) is 11.3 Å². The molecule has 1 unspecified atom stereocenters. The lowest BCUT2D eigenvalue weighted by molar-refractivity contribution is -0.139. The molecule has 0 aliphatic carbocycles. The molecule has 2 rings (SSSR count). The molecule has 1 aliphatic rings. The predicted molar refractivity (Wildman–Crippen MR) is 67.4 cm³/mol. The number of esters is 1. The van der Waals surface area contributed by atoms with Gasteiger partial charge in [0, 0.05) is 18.0 Å². The first kappa shape index (κ1) is 12.3. The maximum absolute atomic E-state index is 11.1. The third-order valence-electron chi connectivity index (χ3n) is 2.82. The number of likely N-dealkylation sites (tertiary alicyclic amines) is 1. The van der Waals surface area contributed by atoms with Crippen molar-refractivity contribution in [3.63, 3.8) is 0 Å². The molecule has 1 saturated heterocycles. The Labute approximate surface area is 105 Å². The molecule has 0 radical (unpaired) electrons. The molecule has 1 fully saturated rings. The van der Waals surface area contributed by atoms with E-state index in [-0.39, 0.29) is 12.4 Å². The second-order valence-electron chi connectivity index (χ2n) is 4.29. The monoisotopic (exact) mass is 255 g/mol. The molecule has 5 nitrogen and oxygen atoms in total. The van der Waals surface area contributed by atoms with Crippen LogP contribution in [0.1, 0.15) is 12.1 Å². The number of carbonyl (C=O) groups excluding carboxylic acids is 1. The van der Waals surface area contributed by atoms with E-state index >= 15 is 0 Å². The van der Waals surface area contributed by atoms with Gasteiger partial charge in [-0.1, -0.05) is 0 Å². The van der Waals surface area contributed by atoms with E-state index in [9.17, 15) is 4.79 Å². The van der Waals surface area contributed by atoms with Gasteiger partial charge < -0.3 is 15.0 Å². The van der Waals surface area contributed by atoms with Gasteiger partial charge in [0.1, 0.15) is 0 Å². The lowest BCUT2D eigenvalue weighted by Gasteiger charge is -2.11. The number of ether oxygens (including phenoxy) is 1. The number of anilines is 1. The zero-order chi connectivity index (χ0) is 12.3. The third kappa shape index (κ3) is 3.41. The number of hydrogen-bond acceptors (Lipinski definition) is 6. The highest BCUT2D eigenvalue weighted by Crippen LogP contribution is 2.19. The van der Waals surface area contributed by atoms with Gasteiger partial charge in [0.05, 0.1) is 19.2 Å². The Morgan fingerprint density at radius 1 is 1.76 bits per heavy atom. The standard InChI is InChI=1S/C11H17N3O2S/c1-14-4-3-8(6-14)12-11-13-9(7-17-11)5-10(15)16-2/h7-8H,3-6H2,1-2H3,(H,12,13). The highest BCUT2D eigenvalue weighted by molar-refractivity contribution is 7.13. The Bertz CT molecular complexity index is 394. The maximum Gasteiger partial charge on any atom is 0.311 e. The van der Waals surface area contributed by atoms with Crippen LogP contribution in [0.5, 0.6) is 0 Å². The van der Waals surface area contributed by atoms with Crippen molar-refractivity contribution in [1.29, 1.82) is 0 Å². The Balaban J connectivity index is 1.87. The number of aromatic nitrogens is 1. The minimum Gasteiger partial charge on any atom is -0.469 e. The first-order valence-electron chi connectivity index (χ1n) is 5.63. The summed E-state index contributed by atoms with van der Waals surface area (Å²) in [5.41, 5.74) is 0.774. The maximum atomic E-state index is 11.1. The Morgan fingerprint density at radius 3 is 3.24 bits per heavy atom. The molecule has 94 valence electrons. The molecule has 6 heteroatoms. The van der Waals surface area contributed by atoms with Gasteiger partial charge in [-0.2, -0.15) is 0 Å². The van der Waals surface area contributed by atoms with Crippen LogP contribution < -0.4 is 5.32 Å². The topological polar surface area (TPSA) is 54.5 Å². The molecule has 2 heterocycles. The molecule has 0 saturated carbocycles. The van der Waals surface area contributed by atoms with Crippen LogP contribution in [0, 0.1) is 0 Å². The van der Waals surface area contributed by atoms with E-state index in [1.807, 2.05) is 5.38 Å². The summed E-state index contributed by atoms with van der Waals surface area (Å²) in [7, 11) is 3.51. The van der Waals surface area contributed by atoms with E-state index in [0.717, 1.165) is 30.3 Å². The van der Waals surface area contributed by atoms with E-state index in [1.54, 1.807) is 11.3 Å². The molecule has 1 aliphatic heterocycles. The fraction of sp³-hybridized carbons (Fsp3) is 0.636. The van der Waals surface area contributed by atoms with E-state index < -0.39 is 0 Å². The van der Waals surface area contributed by atoms with Crippen molar-refractivity contribution >= 4 is 22.4 Å². The fourth-order valence-corrected chi connectivity index (χ4v) is 2.69. The zero-order valence-electron chi connectivity index (χ0n) is 10.1. The Kier molecular flexibility index (Phi) is 3.96. The van der Waals surface area contributed by atoms with Gasteiger partial charge in [0.25, 0.3) is 0 Å². The molecule has 1 aromatic rings. The summed E-state index contributed by atoms with van der Waals surface area (Å²) < 4.78 is 4.61. The number of nitrogens with zero attached hydrogens (tertiary/aromatic N) is 2. The van der Waals surface area contributed by atoms with Crippen molar-refractivity contribution in [2.75, 3.05) is 32.6 Å². The zero-order valence-corrected chi connectivity index (χ0v) is 10.9. The summed E-state index contributed by atoms with van der Waals surface area (Å²) in [5, 5.41) is 6.19. The summed E-state index contributed by atoms with van der Waals surface area (Å²) in [4.78, 5) is 17.8. The van der Waals surface area contributed by atoms with Crippen LogP contribution >= 0.6 is 11.3 Å². The van der Waals surface area contributed by atoms with Crippen LogP contribution in [0.2, 0.25) is 0 Å². The third-order valence-corrected chi connectivity index (χ3v) is 3.65. The van der Waals surface area contributed by atoms with Crippen LogP contribution in [-0.4, -0.2) is 49.1 Å². The van der Waals surface area contributed by atoms with Gasteiger partial charge in [-0.25, -0.2) is 4.98 Å². The predicted octanol–water partition coefficient (Wildman–Crippen LogP) is 0.975. The molecule has 17 heavy (non-hydrogen) atoms. The molecule has 0 bridgehead atoms. The number of carbonyl (C=O) groups is 1. The molecule has 0 amide bonds. The number of thiazole rings is 1. The van der Waals surface area contributed by atoms with Crippen LogP contribution in [-0.2, 0) is 16.0 Å². The Morgan fingerprint density at radius 2 is 2.59 bits per heavy atom.